The molecule has 5 heteroatoms. The van der Waals surface area contributed by atoms with E-state index in [2.05, 4.69) is 48.5 Å². The van der Waals surface area contributed by atoms with Gasteiger partial charge in [0.05, 0.1) is 0 Å². The average Bonchev–Trinajstić information content (AvgIpc) is 2.54. The molecule has 0 unspecified atom stereocenters. The van der Waals surface area contributed by atoms with Gasteiger partial charge in [0, 0.05) is 25.6 Å². The summed E-state index contributed by atoms with van der Waals surface area (Å²) in [4.78, 5) is 4.24. The van der Waals surface area contributed by atoms with Gasteiger partial charge in [0.1, 0.15) is 13.2 Å². The molecule has 2 rings (SSSR count). The lowest BCUT2D eigenvalue weighted by Gasteiger charge is -2.28. The van der Waals surface area contributed by atoms with Gasteiger partial charge in [-0.05, 0) is 24.1 Å². The topological polar surface area (TPSA) is 54.9 Å². The Hall–Kier alpha value is -1.91. The summed E-state index contributed by atoms with van der Waals surface area (Å²) in [6.45, 7) is 9.50. The van der Waals surface area contributed by atoms with Crippen molar-refractivity contribution in [3.05, 3.63) is 23.8 Å². The van der Waals surface area contributed by atoms with Crippen molar-refractivity contribution in [3.8, 4) is 11.5 Å². The van der Waals surface area contributed by atoms with Gasteiger partial charge in [-0.2, -0.15) is 0 Å². The molecule has 0 radical (unpaired) electrons. The van der Waals surface area contributed by atoms with E-state index in [4.69, 9.17) is 9.47 Å². The fourth-order valence-electron chi connectivity index (χ4n) is 2.34. The molecule has 22 heavy (non-hydrogen) atoms. The number of fused-ring (bicyclic) bond motifs is 1. The molecule has 1 aromatic carbocycles. The van der Waals surface area contributed by atoms with Crippen LogP contribution in [0.4, 0.5) is 0 Å². The van der Waals surface area contributed by atoms with Gasteiger partial charge in [0.25, 0.3) is 0 Å². The number of nitrogens with zero attached hydrogens (tertiary/aromatic N) is 1. The second kappa shape index (κ2) is 7.38. The number of hydrogen-bond acceptors (Lipinski definition) is 3. The highest BCUT2D eigenvalue weighted by Crippen LogP contribution is 2.34. The zero-order valence-electron chi connectivity index (χ0n) is 14.0. The zero-order valence-corrected chi connectivity index (χ0v) is 14.0. The molecule has 1 aliphatic heterocycles. The molecule has 0 saturated carbocycles. The quantitative estimate of drug-likeness (QED) is 0.647. The zero-order chi connectivity index (χ0) is 16.0. The van der Waals surface area contributed by atoms with Crippen molar-refractivity contribution in [1.29, 1.82) is 0 Å². The molecule has 0 aliphatic carbocycles. The van der Waals surface area contributed by atoms with E-state index in [-0.39, 0.29) is 5.41 Å². The summed E-state index contributed by atoms with van der Waals surface area (Å²) >= 11 is 0. The monoisotopic (exact) mass is 305 g/mol. The van der Waals surface area contributed by atoms with E-state index in [0.717, 1.165) is 37.0 Å². The number of aliphatic imine (C=N–C) groups is 1. The van der Waals surface area contributed by atoms with Crippen LogP contribution in [0.15, 0.2) is 23.2 Å². The number of hydrogen-bond donors (Lipinski definition) is 2. The first-order chi connectivity index (χ1) is 10.6. The molecule has 0 spiro atoms. The highest BCUT2D eigenvalue weighted by atomic mass is 16.6. The third kappa shape index (κ3) is 4.06. The maximum atomic E-state index is 5.68. The van der Waals surface area contributed by atoms with E-state index >= 15 is 0 Å². The van der Waals surface area contributed by atoms with Gasteiger partial charge in [0.15, 0.2) is 17.5 Å². The largest absolute Gasteiger partial charge is 0.486 e. The van der Waals surface area contributed by atoms with E-state index in [1.165, 1.54) is 5.56 Å². The molecule has 5 nitrogen and oxygen atoms in total. The average molecular weight is 305 g/mol. The van der Waals surface area contributed by atoms with Gasteiger partial charge in [-0.15, -0.1) is 0 Å². The van der Waals surface area contributed by atoms with E-state index in [0.29, 0.717) is 13.2 Å². The molecule has 0 bridgehead atoms. The molecule has 1 heterocycles. The van der Waals surface area contributed by atoms with Crippen molar-refractivity contribution in [1.82, 2.24) is 10.6 Å². The summed E-state index contributed by atoms with van der Waals surface area (Å²) in [6, 6.07) is 6.19. The van der Waals surface area contributed by atoms with Gasteiger partial charge >= 0.3 is 0 Å². The Morgan fingerprint density at radius 3 is 2.59 bits per heavy atom. The van der Waals surface area contributed by atoms with Crippen LogP contribution < -0.4 is 20.1 Å². The third-order valence-corrected chi connectivity index (χ3v) is 3.79. The van der Waals surface area contributed by atoms with Crippen LogP contribution in [-0.2, 0) is 5.41 Å². The highest BCUT2D eigenvalue weighted by Gasteiger charge is 2.23. The Balaban J connectivity index is 2.03. The van der Waals surface area contributed by atoms with Gasteiger partial charge in [-0.1, -0.05) is 26.8 Å². The Labute approximate surface area is 133 Å². The first-order valence-electron chi connectivity index (χ1n) is 7.91. The van der Waals surface area contributed by atoms with Crippen LogP contribution in [0, 0.1) is 0 Å². The highest BCUT2D eigenvalue weighted by molar-refractivity contribution is 5.79. The summed E-state index contributed by atoms with van der Waals surface area (Å²) in [7, 11) is 1.79. The van der Waals surface area contributed by atoms with Crippen molar-refractivity contribution in [2.45, 2.75) is 32.6 Å². The molecule has 2 N–H and O–H groups in total. The molecule has 122 valence electrons. The minimum absolute atomic E-state index is 0.0420. The second-order valence-corrected chi connectivity index (χ2v) is 6.09. The van der Waals surface area contributed by atoms with Crippen molar-refractivity contribution < 1.29 is 9.47 Å². The summed E-state index contributed by atoms with van der Waals surface area (Å²) in [5.41, 5.74) is 1.18. The predicted octanol–water partition coefficient (Wildman–Crippen LogP) is 2.31. The molecule has 1 aliphatic rings. The summed E-state index contributed by atoms with van der Waals surface area (Å²) < 4.78 is 11.3. The second-order valence-electron chi connectivity index (χ2n) is 6.09. The van der Waals surface area contributed by atoms with Crippen LogP contribution in [0.1, 0.15) is 32.8 Å². The van der Waals surface area contributed by atoms with E-state index in [9.17, 15) is 0 Å². The fourth-order valence-corrected chi connectivity index (χ4v) is 2.34. The van der Waals surface area contributed by atoms with Crippen molar-refractivity contribution in [2.24, 2.45) is 4.99 Å². The smallest absolute Gasteiger partial charge is 0.191 e. The Kier molecular flexibility index (Phi) is 5.52. The number of guanidine groups is 1. The molecule has 0 atom stereocenters. The van der Waals surface area contributed by atoms with Gasteiger partial charge in [-0.25, -0.2) is 0 Å². The number of ether oxygens (including phenoxy) is 2. The Morgan fingerprint density at radius 1 is 1.18 bits per heavy atom. The van der Waals surface area contributed by atoms with E-state index < -0.39 is 0 Å². The molecule has 0 fully saturated rings. The van der Waals surface area contributed by atoms with Crippen LogP contribution in [-0.4, -0.2) is 39.3 Å². The number of nitrogens with one attached hydrogen (secondary N) is 2. The minimum atomic E-state index is -0.0420. The SMILES string of the molecule is CCCNC(=NC)NCC(C)(C)c1ccc2c(c1)OCCO2. The Bertz CT molecular complexity index is 527. The molecule has 1 aromatic rings. The van der Waals surface area contributed by atoms with Crippen LogP contribution in [0.25, 0.3) is 0 Å². The molecule has 0 amide bonds. The minimum Gasteiger partial charge on any atom is -0.486 e. The summed E-state index contributed by atoms with van der Waals surface area (Å²) in [6.07, 6.45) is 1.08. The number of benzene rings is 1. The molecular formula is C17H27N3O2. The third-order valence-electron chi connectivity index (χ3n) is 3.79. The fraction of sp³-hybridized carbons (Fsp3) is 0.588. The van der Waals surface area contributed by atoms with Crippen molar-refractivity contribution in [2.75, 3.05) is 33.4 Å². The van der Waals surface area contributed by atoms with Crippen LogP contribution in [0.5, 0.6) is 11.5 Å². The first-order valence-corrected chi connectivity index (χ1v) is 7.91. The normalized spacial score (nSPS) is 14.6. The van der Waals surface area contributed by atoms with E-state index in [1.54, 1.807) is 7.05 Å². The maximum Gasteiger partial charge on any atom is 0.191 e. The molecular weight excluding hydrogens is 278 g/mol. The molecule has 0 aromatic heterocycles. The lowest BCUT2D eigenvalue weighted by molar-refractivity contribution is 0.171. The van der Waals surface area contributed by atoms with Crippen molar-refractivity contribution in [3.63, 3.8) is 0 Å². The summed E-state index contributed by atoms with van der Waals surface area (Å²) in [5.74, 6) is 2.51. The van der Waals surface area contributed by atoms with Gasteiger partial charge < -0.3 is 20.1 Å². The van der Waals surface area contributed by atoms with Gasteiger partial charge in [0.2, 0.25) is 0 Å². The van der Waals surface area contributed by atoms with Gasteiger partial charge in [-0.3, -0.25) is 4.99 Å². The first kappa shape index (κ1) is 16.5. The van der Waals surface area contributed by atoms with Crippen LogP contribution >= 0.6 is 0 Å². The van der Waals surface area contributed by atoms with E-state index in [1.807, 2.05) is 6.07 Å². The van der Waals surface area contributed by atoms with Crippen LogP contribution in [0.2, 0.25) is 0 Å². The number of rotatable bonds is 5. The maximum absolute atomic E-state index is 5.68. The Morgan fingerprint density at radius 2 is 1.91 bits per heavy atom. The lowest BCUT2D eigenvalue weighted by atomic mass is 9.84. The summed E-state index contributed by atoms with van der Waals surface area (Å²) in [5, 5.41) is 6.68. The lowest BCUT2D eigenvalue weighted by Crippen LogP contribution is -2.43. The standard InChI is InChI=1S/C17H27N3O2/c1-5-8-19-16(18-4)20-12-17(2,3)13-6-7-14-15(11-13)22-10-9-21-14/h6-7,11H,5,8-10,12H2,1-4H3,(H2,18,19,20). The van der Waals surface area contributed by atoms with Crippen LogP contribution in [0.3, 0.4) is 0 Å². The predicted molar refractivity (Wildman–Crippen MR) is 90.1 cm³/mol. The van der Waals surface area contributed by atoms with Crippen molar-refractivity contribution >= 4 is 5.96 Å². The molecule has 0 saturated heterocycles.